The van der Waals surface area contributed by atoms with Crippen molar-refractivity contribution in [1.29, 1.82) is 0 Å². The number of hydrogen-bond acceptors (Lipinski definition) is 1. The maximum atomic E-state index is 5.86. The van der Waals surface area contributed by atoms with Crippen LogP contribution in [0.4, 0.5) is 0 Å². The lowest BCUT2D eigenvalue weighted by molar-refractivity contribution is 0.0935. The third kappa shape index (κ3) is 2.55. The minimum absolute atomic E-state index is 0.271. The maximum Gasteiger partial charge on any atom is 0.0767 e. The highest BCUT2D eigenvalue weighted by atomic mass is 79.9. The molecule has 0 N–H and O–H groups in total. The molecule has 0 aliphatic carbocycles. The van der Waals surface area contributed by atoms with Gasteiger partial charge in [0, 0.05) is 11.6 Å². The summed E-state index contributed by atoms with van der Waals surface area (Å²) < 4.78 is 5.73. The first-order valence-electron chi connectivity index (χ1n) is 5.19. The standard InChI is InChI=1S/C12H14BrClO/c1-8-6-7-15-12(8)11(13)9-2-4-10(14)5-3-9/h2-5,8,11-12H,6-7H2,1H3. The minimum atomic E-state index is 0.271. The van der Waals surface area contributed by atoms with Crippen molar-refractivity contribution in [2.75, 3.05) is 6.61 Å². The van der Waals surface area contributed by atoms with Crippen molar-refractivity contribution in [3.63, 3.8) is 0 Å². The number of hydrogen-bond donors (Lipinski definition) is 0. The first-order valence-corrected chi connectivity index (χ1v) is 6.49. The zero-order valence-electron chi connectivity index (χ0n) is 8.62. The summed E-state index contributed by atoms with van der Waals surface area (Å²) in [6.07, 6.45) is 1.44. The Morgan fingerprint density at radius 2 is 2.07 bits per heavy atom. The summed E-state index contributed by atoms with van der Waals surface area (Å²) >= 11 is 9.57. The lowest BCUT2D eigenvalue weighted by Gasteiger charge is -2.21. The van der Waals surface area contributed by atoms with Crippen LogP contribution in [0.15, 0.2) is 24.3 Å². The van der Waals surface area contributed by atoms with Gasteiger partial charge >= 0.3 is 0 Å². The predicted octanol–water partition coefficient (Wildman–Crippen LogP) is 4.20. The van der Waals surface area contributed by atoms with Crippen LogP contribution < -0.4 is 0 Å². The fourth-order valence-corrected chi connectivity index (χ4v) is 3.03. The van der Waals surface area contributed by atoms with Crippen molar-refractivity contribution in [1.82, 2.24) is 0 Å². The van der Waals surface area contributed by atoms with E-state index in [0.717, 1.165) is 18.1 Å². The van der Waals surface area contributed by atoms with Gasteiger partial charge in [-0.1, -0.05) is 46.6 Å². The molecule has 1 aliphatic heterocycles. The van der Waals surface area contributed by atoms with Gasteiger partial charge < -0.3 is 4.74 Å². The summed E-state index contributed by atoms with van der Waals surface area (Å²) in [7, 11) is 0. The van der Waals surface area contributed by atoms with E-state index >= 15 is 0 Å². The molecule has 0 bridgehead atoms. The van der Waals surface area contributed by atoms with Crippen molar-refractivity contribution in [3.8, 4) is 0 Å². The highest BCUT2D eigenvalue weighted by molar-refractivity contribution is 9.09. The van der Waals surface area contributed by atoms with Crippen molar-refractivity contribution < 1.29 is 4.74 Å². The van der Waals surface area contributed by atoms with Crippen LogP contribution in [-0.2, 0) is 4.74 Å². The second-order valence-corrected chi connectivity index (χ2v) is 5.48. The van der Waals surface area contributed by atoms with E-state index in [9.17, 15) is 0 Å². The van der Waals surface area contributed by atoms with Crippen molar-refractivity contribution >= 4 is 27.5 Å². The van der Waals surface area contributed by atoms with Crippen LogP contribution in [0.1, 0.15) is 23.7 Å². The van der Waals surface area contributed by atoms with Crippen molar-refractivity contribution in [3.05, 3.63) is 34.9 Å². The van der Waals surface area contributed by atoms with E-state index in [1.54, 1.807) is 0 Å². The molecule has 1 aromatic rings. The van der Waals surface area contributed by atoms with E-state index in [-0.39, 0.29) is 10.9 Å². The molecule has 1 fully saturated rings. The second kappa shape index (κ2) is 4.86. The Morgan fingerprint density at radius 3 is 2.60 bits per heavy atom. The van der Waals surface area contributed by atoms with E-state index < -0.39 is 0 Å². The molecule has 0 radical (unpaired) electrons. The molecule has 1 nitrogen and oxygen atoms in total. The molecule has 0 aromatic heterocycles. The highest BCUT2D eigenvalue weighted by Gasteiger charge is 2.31. The van der Waals surface area contributed by atoms with Crippen LogP contribution in [0.5, 0.6) is 0 Å². The number of halogens is 2. The third-order valence-electron chi connectivity index (χ3n) is 2.92. The van der Waals surface area contributed by atoms with Gasteiger partial charge in [-0.05, 0) is 30.0 Å². The van der Waals surface area contributed by atoms with Crippen LogP contribution in [0.25, 0.3) is 0 Å². The Hall–Kier alpha value is -0.0500. The van der Waals surface area contributed by atoms with E-state index in [0.29, 0.717) is 5.92 Å². The average Bonchev–Trinajstić information content (AvgIpc) is 2.65. The molecule has 1 heterocycles. The zero-order valence-corrected chi connectivity index (χ0v) is 11.0. The fraction of sp³-hybridized carbons (Fsp3) is 0.500. The van der Waals surface area contributed by atoms with Crippen LogP contribution in [-0.4, -0.2) is 12.7 Å². The first kappa shape index (κ1) is 11.4. The topological polar surface area (TPSA) is 9.23 Å². The Labute approximate surface area is 104 Å². The van der Waals surface area contributed by atoms with Gasteiger partial charge in [0.2, 0.25) is 0 Å². The smallest absolute Gasteiger partial charge is 0.0767 e. The molecule has 1 aliphatic rings. The SMILES string of the molecule is CC1CCOC1C(Br)c1ccc(Cl)cc1. The van der Waals surface area contributed by atoms with E-state index in [2.05, 4.69) is 35.0 Å². The van der Waals surface area contributed by atoms with Gasteiger partial charge in [0.15, 0.2) is 0 Å². The van der Waals surface area contributed by atoms with Crippen molar-refractivity contribution in [2.45, 2.75) is 24.3 Å². The van der Waals surface area contributed by atoms with Crippen molar-refractivity contribution in [2.24, 2.45) is 5.92 Å². The minimum Gasteiger partial charge on any atom is -0.376 e. The molecule has 2 rings (SSSR count). The molecule has 82 valence electrons. The van der Waals surface area contributed by atoms with Gasteiger partial charge in [-0.2, -0.15) is 0 Å². The molecule has 3 heteroatoms. The van der Waals surface area contributed by atoms with Crippen LogP contribution in [0.3, 0.4) is 0 Å². The fourth-order valence-electron chi connectivity index (χ4n) is 1.93. The molecule has 1 saturated heterocycles. The quantitative estimate of drug-likeness (QED) is 0.741. The normalized spacial score (nSPS) is 27.9. The number of rotatable bonds is 2. The Balaban J connectivity index is 2.13. The first-order chi connectivity index (χ1) is 7.18. The van der Waals surface area contributed by atoms with Crippen LogP contribution in [0.2, 0.25) is 5.02 Å². The number of benzene rings is 1. The van der Waals surface area contributed by atoms with Crippen LogP contribution >= 0.6 is 27.5 Å². The summed E-state index contributed by atoms with van der Waals surface area (Å²) in [6, 6.07) is 7.95. The molecule has 3 unspecified atom stereocenters. The summed E-state index contributed by atoms with van der Waals surface area (Å²) in [5.41, 5.74) is 1.23. The summed E-state index contributed by atoms with van der Waals surface area (Å²) in [4.78, 5) is 0.271. The molecular weight excluding hydrogens is 275 g/mol. The van der Waals surface area contributed by atoms with Gasteiger partial charge in [0.25, 0.3) is 0 Å². The molecule has 0 spiro atoms. The molecule has 15 heavy (non-hydrogen) atoms. The van der Waals surface area contributed by atoms with Gasteiger partial charge in [-0.15, -0.1) is 0 Å². The molecule has 0 amide bonds. The summed E-state index contributed by atoms with van der Waals surface area (Å²) in [6.45, 7) is 3.11. The number of alkyl halides is 1. The summed E-state index contributed by atoms with van der Waals surface area (Å²) in [5.74, 6) is 0.616. The highest BCUT2D eigenvalue weighted by Crippen LogP contribution is 2.37. The Morgan fingerprint density at radius 1 is 1.40 bits per heavy atom. The number of ether oxygens (including phenoxy) is 1. The monoisotopic (exact) mass is 288 g/mol. The molecule has 1 aromatic carbocycles. The lowest BCUT2D eigenvalue weighted by atomic mass is 9.97. The van der Waals surface area contributed by atoms with E-state index in [1.807, 2.05) is 12.1 Å². The molecular formula is C12H14BrClO. The average molecular weight is 290 g/mol. The Bertz CT molecular complexity index is 325. The predicted molar refractivity (Wildman–Crippen MR) is 66.6 cm³/mol. The van der Waals surface area contributed by atoms with Gasteiger partial charge in [0.05, 0.1) is 10.9 Å². The second-order valence-electron chi connectivity index (χ2n) is 4.05. The largest absolute Gasteiger partial charge is 0.376 e. The van der Waals surface area contributed by atoms with Gasteiger partial charge in [-0.25, -0.2) is 0 Å². The van der Waals surface area contributed by atoms with Gasteiger partial charge in [0.1, 0.15) is 0 Å². The van der Waals surface area contributed by atoms with Crippen LogP contribution in [0, 0.1) is 5.92 Å². The van der Waals surface area contributed by atoms with E-state index in [4.69, 9.17) is 16.3 Å². The molecule has 3 atom stereocenters. The van der Waals surface area contributed by atoms with E-state index in [1.165, 1.54) is 5.56 Å². The van der Waals surface area contributed by atoms with Gasteiger partial charge in [-0.3, -0.25) is 0 Å². The maximum absolute atomic E-state index is 5.86. The Kier molecular flexibility index (Phi) is 3.70. The lowest BCUT2D eigenvalue weighted by Crippen LogP contribution is -2.18. The summed E-state index contributed by atoms with van der Waals surface area (Å²) in [5, 5.41) is 0.777. The molecule has 0 saturated carbocycles. The zero-order chi connectivity index (χ0) is 10.8. The third-order valence-corrected chi connectivity index (χ3v) is 4.22.